The van der Waals surface area contributed by atoms with Crippen molar-refractivity contribution in [3.8, 4) is 0 Å². The minimum atomic E-state index is 0.228. The van der Waals surface area contributed by atoms with E-state index in [-0.39, 0.29) is 6.04 Å². The first-order valence-corrected chi connectivity index (χ1v) is 7.75. The molecular weight excluding hydrogens is 280 g/mol. The first-order valence-electron chi connectivity index (χ1n) is 7.37. The van der Waals surface area contributed by atoms with Gasteiger partial charge in [-0.25, -0.2) is 0 Å². The summed E-state index contributed by atoms with van der Waals surface area (Å²) in [5, 5.41) is 0.770. The molecule has 0 aliphatic carbocycles. The minimum absolute atomic E-state index is 0.228. The molecule has 21 heavy (non-hydrogen) atoms. The van der Waals surface area contributed by atoms with E-state index in [2.05, 4.69) is 55.3 Å². The number of benzene rings is 2. The zero-order valence-electron chi connectivity index (χ0n) is 12.7. The van der Waals surface area contributed by atoms with Crippen molar-refractivity contribution in [3.05, 3.63) is 70.2 Å². The zero-order valence-corrected chi connectivity index (χ0v) is 13.5. The van der Waals surface area contributed by atoms with Crippen molar-refractivity contribution in [2.24, 2.45) is 5.73 Å². The molecular formula is C18H23ClN2. The smallest absolute Gasteiger partial charge is 0.0470 e. The molecule has 0 saturated carbocycles. The SMILES string of the molecule is CCc1ccc(C(CN)N(C)Cc2ccc(Cl)cc2)cc1. The number of halogens is 1. The van der Waals surface area contributed by atoms with E-state index in [4.69, 9.17) is 17.3 Å². The highest BCUT2D eigenvalue weighted by Gasteiger charge is 2.15. The molecule has 2 aromatic rings. The molecule has 0 saturated heterocycles. The lowest BCUT2D eigenvalue weighted by atomic mass is 10.0. The molecule has 0 spiro atoms. The third kappa shape index (κ3) is 4.31. The van der Waals surface area contributed by atoms with Crippen LogP contribution < -0.4 is 5.73 Å². The van der Waals surface area contributed by atoms with Crippen LogP contribution in [-0.2, 0) is 13.0 Å². The number of hydrogen-bond acceptors (Lipinski definition) is 2. The van der Waals surface area contributed by atoms with E-state index in [0.29, 0.717) is 6.54 Å². The lowest BCUT2D eigenvalue weighted by molar-refractivity contribution is 0.242. The number of hydrogen-bond donors (Lipinski definition) is 1. The van der Waals surface area contributed by atoms with Gasteiger partial charge in [0.25, 0.3) is 0 Å². The maximum atomic E-state index is 5.99. The van der Waals surface area contributed by atoms with Gasteiger partial charge in [0, 0.05) is 24.2 Å². The van der Waals surface area contributed by atoms with Gasteiger partial charge >= 0.3 is 0 Å². The van der Waals surface area contributed by atoms with Gasteiger partial charge in [-0.3, -0.25) is 4.90 Å². The van der Waals surface area contributed by atoms with Crippen molar-refractivity contribution in [3.63, 3.8) is 0 Å². The van der Waals surface area contributed by atoms with Crippen LogP contribution in [0, 0.1) is 0 Å². The van der Waals surface area contributed by atoms with Crippen molar-refractivity contribution >= 4 is 11.6 Å². The van der Waals surface area contributed by atoms with Gasteiger partial charge in [-0.05, 0) is 42.3 Å². The van der Waals surface area contributed by atoms with Crippen molar-refractivity contribution in [1.82, 2.24) is 4.90 Å². The van der Waals surface area contributed by atoms with Crippen LogP contribution in [0.2, 0.25) is 5.02 Å². The topological polar surface area (TPSA) is 29.3 Å². The van der Waals surface area contributed by atoms with Gasteiger partial charge in [0.05, 0.1) is 0 Å². The second-order valence-electron chi connectivity index (χ2n) is 5.39. The van der Waals surface area contributed by atoms with E-state index in [9.17, 15) is 0 Å². The molecule has 0 heterocycles. The largest absolute Gasteiger partial charge is 0.329 e. The second kappa shape index (κ2) is 7.60. The molecule has 0 radical (unpaired) electrons. The fraction of sp³-hybridized carbons (Fsp3) is 0.333. The normalized spacial score (nSPS) is 12.6. The van der Waals surface area contributed by atoms with Crippen LogP contribution in [0.5, 0.6) is 0 Å². The molecule has 0 aromatic heterocycles. The Morgan fingerprint density at radius 2 is 1.57 bits per heavy atom. The maximum Gasteiger partial charge on any atom is 0.0470 e. The number of nitrogens with zero attached hydrogens (tertiary/aromatic N) is 1. The van der Waals surface area contributed by atoms with Gasteiger partial charge in [0.1, 0.15) is 0 Å². The third-order valence-corrected chi connectivity index (χ3v) is 4.13. The predicted octanol–water partition coefficient (Wildman–Crippen LogP) is 4.03. The summed E-state index contributed by atoms with van der Waals surface area (Å²) in [4.78, 5) is 2.28. The third-order valence-electron chi connectivity index (χ3n) is 3.87. The average molecular weight is 303 g/mol. The van der Waals surface area contributed by atoms with E-state index in [1.165, 1.54) is 16.7 Å². The predicted molar refractivity (Wildman–Crippen MR) is 90.5 cm³/mol. The second-order valence-corrected chi connectivity index (χ2v) is 5.82. The molecule has 2 aromatic carbocycles. The Labute approximate surface area is 132 Å². The standard InChI is InChI=1S/C18H23ClN2/c1-3-14-4-8-16(9-5-14)18(12-20)21(2)13-15-6-10-17(19)11-7-15/h4-11,18H,3,12-13,20H2,1-2H3. The van der Waals surface area contributed by atoms with Crippen molar-refractivity contribution in [2.45, 2.75) is 25.9 Å². The number of nitrogens with two attached hydrogens (primary N) is 1. The zero-order chi connectivity index (χ0) is 15.2. The van der Waals surface area contributed by atoms with Gasteiger partial charge in [0.2, 0.25) is 0 Å². The molecule has 2 nitrogen and oxygen atoms in total. The van der Waals surface area contributed by atoms with E-state index in [1.54, 1.807) is 0 Å². The summed E-state index contributed by atoms with van der Waals surface area (Å²) < 4.78 is 0. The lowest BCUT2D eigenvalue weighted by Gasteiger charge is -2.27. The van der Waals surface area contributed by atoms with E-state index in [0.717, 1.165) is 18.0 Å². The molecule has 0 amide bonds. The summed E-state index contributed by atoms with van der Waals surface area (Å²) in [5.41, 5.74) is 9.86. The summed E-state index contributed by atoms with van der Waals surface area (Å²) in [7, 11) is 2.11. The van der Waals surface area contributed by atoms with E-state index in [1.807, 2.05) is 12.1 Å². The highest BCUT2D eigenvalue weighted by Crippen LogP contribution is 2.21. The Morgan fingerprint density at radius 1 is 1.00 bits per heavy atom. The molecule has 1 unspecified atom stereocenters. The van der Waals surface area contributed by atoms with Gasteiger partial charge in [-0.1, -0.05) is 54.9 Å². The first kappa shape index (κ1) is 16.0. The van der Waals surface area contributed by atoms with Crippen LogP contribution in [0.1, 0.15) is 29.7 Å². The van der Waals surface area contributed by atoms with Crippen LogP contribution in [-0.4, -0.2) is 18.5 Å². The van der Waals surface area contributed by atoms with Crippen LogP contribution >= 0.6 is 11.6 Å². The van der Waals surface area contributed by atoms with Gasteiger partial charge in [-0.15, -0.1) is 0 Å². The van der Waals surface area contributed by atoms with Crippen LogP contribution in [0.3, 0.4) is 0 Å². The fourth-order valence-electron chi connectivity index (χ4n) is 2.53. The first-order chi connectivity index (χ1) is 10.1. The quantitative estimate of drug-likeness (QED) is 0.873. The molecule has 0 aliphatic heterocycles. The van der Waals surface area contributed by atoms with Crippen molar-refractivity contribution in [2.75, 3.05) is 13.6 Å². The molecule has 0 fully saturated rings. The monoisotopic (exact) mass is 302 g/mol. The Balaban J connectivity index is 2.09. The Morgan fingerprint density at radius 3 is 2.10 bits per heavy atom. The molecule has 1 atom stereocenters. The fourth-order valence-corrected chi connectivity index (χ4v) is 2.66. The maximum absolute atomic E-state index is 5.99. The summed E-state index contributed by atoms with van der Waals surface area (Å²) in [5.74, 6) is 0. The van der Waals surface area contributed by atoms with Crippen molar-refractivity contribution in [1.29, 1.82) is 0 Å². The molecule has 2 rings (SSSR count). The van der Waals surface area contributed by atoms with Crippen LogP contribution in [0.4, 0.5) is 0 Å². The van der Waals surface area contributed by atoms with Gasteiger partial charge in [0.15, 0.2) is 0 Å². The Kier molecular flexibility index (Phi) is 5.80. The molecule has 0 bridgehead atoms. The average Bonchev–Trinajstić information content (AvgIpc) is 2.51. The summed E-state index contributed by atoms with van der Waals surface area (Å²) >= 11 is 5.93. The number of rotatable bonds is 6. The molecule has 3 heteroatoms. The van der Waals surface area contributed by atoms with Crippen LogP contribution in [0.15, 0.2) is 48.5 Å². The number of likely N-dealkylation sites (N-methyl/N-ethyl adjacent to an activating group) is 1. The van der Waals surface area contributed by atoms with Gasteiger partial charge in [-0.2, -0.15) is 0 Å². The summed E-state index contributed by atoms with van der Waals surface area (Å²) in [6, 6.07) is 17.0. The Bertz CT molecular complexity index is 548. The van der Waals surface area contributed by atoms with Gasteiger partial charge < -0.3 is 5.73 Å². The summed E-state index contributed by atoms with van der Waals surface area (Å²) in [6.45, 7) is 3.63. The minimum Gasteiger partial charge on any atom is -0.329 e. The highest BCUT2D eigenvalue weighted by atomic mass is 35.5. The molecule has 0 aliphatic rings. The highest BCUT2D eigenvalue weighted by molar-refractivity contribution is 6.30. The van der Waals surface area contributed by atoms with Crippen LogP contribution in [0.25, 0.3) is 0 Å². The molecule has 112 valence electrons. The molecule has 2 N–H and O–H groups in total. The summed E-state index contributed by atoms with van der Waals surface area (Å²) in [6.07, 6.45) is 1.06. The van der Waals surface area contributed by atoms with E-state index >= 15 is 0 Å². The Hall–Kier alpha value is -1.35. The van der Waals surface area contributed by atoms with E-state index < -0.39 is 0 Å². The number of aryl methyl sites for hydroxylation is 1. The lowest BCUT2D eigenvalue weighted by Crippen LogP contribution is -2.30. The van der Waals surface area contributed by atoms with Crippen molar-refractivity contribution < 1.29 is 0 Å².